The normalized spacial score (nSPS) is 11.3. The third kappa shape index (κ3) is 6.01. The van der Waals surface area contributed by atoms with Gasteiger partial charge in [-0.1, -0.05) is 35.9 Å². The van der Waals surface area contributed by atoms with Crippen LogP contribution in [0.5, 0.6) is 0 Å². The zero-order valence-electron chi connectivity index (χ0n) is 16.6. The molecule has 0 aliphatic heterocycles. The molecular weight excluding hydrogens is 410 g/mol. The fourth-order valence-electron chi connectivity index (χ4n) is 3.18. The molecule has 3 nitrogen and oxygen atoms in total. The van der Waals surface area contributed by atoms with E-state index in [2.05, 4.69) is 5.32 Å². The highest BCUT2D eigenvalue weighted by Crippen LogP contribution is 2.36. The molecule has 1 N–H and O–H groups in total. The monoisotopic (exact) mass is 429 g/mol. The van der Waals surface area contributed by atoms with Crippen LogP contribution in [0.1, 0.15) is 32.6 Å². The molecule has 7 heteroatoms. The molecule has 1 amide bonds. The zero-order valence-corrected chi connectivity index (χ0v) is 16.6. The van der Waals surface area contributed by atoms with E-state index in [9.17, 15) is 27.2 Å². The van der Waals surface area contributed by atoms with Crippen LogP contribution in [0, 0.1) is 12.7 Å². The second-order valence-electron chi connectivity index (χ2n) is 7.22. The fourth-order valence-corrected chi connectivity index (χ4v) is 3.18. The number of benzene rings is 3. The number of hydrogen-bond acceptors (Lipinski definition) is 2. The summed E-state index contributed by atoms with van der Waals surface area (Å²) in [5.41, 5.74) is 0.521. The number of amides is 1. The molecule has 0 saturated heterocycles. The highest BCUT2D eigenvalue weighted by atomic mass is 19.4. The summed E-state index contributed by atoms with van der Waals surface area (Å²) in [6, 6.07) is 15.2. The van der Waals surface area contributed by atoms with Crippen molar-refractivity contribution in [1.82, 2.24) is 0 Å². The van der Waals surface area contributed by atoms with E-state index in [-0.39, 0.29) is 29.8 Å². The lowest BCUT2D eigenvalue weighted by atomic mass is 9.99. The van der Waals surface area contributed by atoms with E-state index in [1.54, 1.807) is 6.07 Å². The van der Waals surface area contributed by atoms with Gasteiger partial charge in [-0.05, 0) is 54.4 Å². The number of carbonyl (C=O) groups is 2. The van der Waals surface area contributed by atoms with Crippen molar-refractivity contribution in [1.29, 1.82) is 0 Å². The van der Waals surface area contributed by atoms with Gasteiger partial charge in [0.25, 0.3) is 5.91 Å². The van der Waals surface area contributed by atoms with E-state index in [0.717, 1.165) is 35.4 Å². The number of halogens is 4. The summed E-state index contributed by atoms with van der Waals surface area (Å²) in [6.45, 7) is 1.89. The number of rotatable bonds is 6. The molecular formula is C24H19F4NO2. The molecule has 3 aromatic rings. The number of hydrogen-bond donors (Lipinski definition) is 1. The lowest BCUT2D eigenvalue weighted by molar-refractivity contribution is -0.137. The van der Waals surface area contributed by atoms with Gasteiger partial charge in [-0.25, -0.2) is 4.39 Å². The van der Waals surface area contributed by atoms with E-state index in [0.29, 0.717) is 0 Å². The Hall–Kier alpha value is -3.48. The standard InChI is InChI=1S/C24H19F4NO2/c1-15-3-2-4-16(11-15)12-20(30)13-17-5-10-22(21(14-17)24(26,27)28)29-23(31)18-6-8-19(25)9-7-18/h2-11,14H,12-13H2,1H3,(H,29,31). The first kappa shape index (κ1) is 22.2. The van der Waals surface area contributed by atoms with Crippen molar-refractivity contribution in [3.05, 3.63) is 100 Å². The van der Waals surface area contributed by atoms with Gasteiger partial charge in [0.2, 0.25) is 0 Å². The molecule has 0 aromatic heterocycles. The van der Waals surface area contributed by atoms with Gasteiger partial charge in [-0.3, -0.25) is 9.59 Å². The fraction of sp³-hybridized carbons (Fsp3) is 0.167. The van der Waals surface area contributed by atoms with Gasteiger partial charge in [-0.2, -0.15) is 13.2 Å². The lowest BCUT2D eigenvalue weighted by Crippen LogP contribution is -2.17. The summed E-state index contributed by atoms with van der Waals surface area (Å²) in [5, 5.41) is 2.21. The molecule has 0 saturated carbocycles. The number of alkyl halides is 3. The smallest absolute Gasteiger partial charge is 0.321 e. The third-order valence-corrected chi connectivity index (χ3v) is 4.63. The van der Waals surface area contributed by atoms with E-state index < -0.39 is 29.2 Å². The van der Waals surface area contributed by atoms with Crippen molar-refractivity contribution in [2.75, 3.05) is 5.32 Å². The van der Waals surface area contributed by atoms with Gasteiger partial charge in [-0.15, -0.1) is 0 Å². The molecule has 0 aliphatic carbocycles. The number of nitrogens with one attached hydrogen (secondary N) is 1. The first-order chi connectivity index (χ1) is 14.6. The molecule has 0 bridgehead atoms. The molecule has 3 rings (SSSR count). The second-order valence-corrected chi connectivity index (χ2v) is 7.22. The SMILES string of the molecule is Cc1cccc(CC(=O)Cc2ccc(NC(=O)c3ccc(F)cc3)c(C(F)(F)F)c2)c1. The predicted octanol–water partition coefficient (Wildman–Crippen LogP) is 5.76. The van der Waals surface area contributed by atoms with Crippen LogP contribution in [0.3, 0.4) is 0 Å². The summed E-state index contributed by atoms with van der Waals surface area (Å²) in [7, 11) is 0. The number of anilines is 1. The van der Waals surface area contributed by atoms with Crippen molar-refractivity contribution in [2.24, 2.45) is 0 Å². The molecule has 160 valence electrons. The Kier molecular flexibility index (Phi) is 6.53. The predicted molar refractivity (Wildman–Crippen MR) is 109 cm³/mol. The summed E-state index contributed by atoms with van der Waals surface area (Å²) < 4.78 is 53.7. The molecule has 0 radical (unpaired) electrons. The zero-order chi connectivity index (χ0) is 22.6. The molecule has 31 heavy (non-hydrogen) atoms. The Balaban J connectivity index is 1.78. The largest absolute Gasteiger partial charge is 0.418 e. The van der Waals surface area contributed by atoms with Crippen LogP contribution in [0.2, 0.25) is 0 Å². The van der Waals surface area contributed by atoms with Gasteiger partial charge in [0, 0.05) is 18.4 Å². The van der Waals surface area contributed by atoms with Gasteiger partial charge < -0.3 is 5.32 Å². The van der Waals surface area contributed by atoms with Crippen molar-refractivity contribution in [3.8, 4) is 0 Å². The number of carbonyl (C=O) groups excluding carboxylic acids is 2. The van der Waals surface area contributed by atoms with Crippen molar-refractivity contribution in [3.63, 3.8) is 0 Å². The highest BCUT2D eigenvalue weighted by Gasteiger charge is 2.34. The molecule has 0 spiro atoms. The topological polar surface area (TPSA) is 46.2 Å². The number of ketones is 1. The first-order valence-corrected chi connectivity index (χ1v) is 9.46. The van der Waals surface area contributed by atoms with Crippen molar-refractivity contribution >= 4 is 17.4 Å². The average Bonchev–Trinajstić information content (AvgIpc) is 2.68. The minimum Gasteiger partial charge on any atom is -0.321 e. The van der Waals surface area contributed by atoms with E-state index >= 15 is 0 Å². The quantitative estimate of drug-likeness (QED) is 0.507. The molecule has 0 heterocycles. The minimum atomic E-state index is -4.74. The average molecular weight is 429 g/mol. The Morgan fingerprint density at radius 1 is 0.871 bits per heavy atom. The Bertz CT molecular complexity index is 1110. The minimum absolute atomic E-state index is 0.0203. The van der Waals surface area contributed by atoms with Crippen LogP contribution in [0.4, 0.5) is 23.2 Å². The Morgan fingerprint density at radius 3 is 2.13 bits per heavy atom. The van der Waals surface area contributed by atoms with Crippen LogP contribution >= 0.6 is 0 Å². The molecule has 3 aromatic carbocycles. The van der Waals surface area contributed by atoms with Crippen LogP contribution < -0.4 is 5.32 Å². The summed E-state index contributed by atoms with van der Waals surface area (Å²) in [4.78, 5) is 24.6. The van der Waals surface area contributed by atoms with E-state index in [4.69, 9.17) is 0 Å². The Labute approximate surface area is 176 Å². The number of Topliss-reactive ketones (excluding diaryl/α,β-unsaturated/α-hetero) is 1. The van der Waals surface area contributed by atoms with Crippen LogP contribution in [-0.2, 0) is 23.8 Å². The highest BCUT2D eigenvalue weighted by molar-refractivity contribution is 6.04. The lowest BCUT2D eigenvalue weighted by Gasteiger charge is -2.15. The number of aryl methyl sites for hydroxylation is 1. The van der Waals surface area contributed by atoms with Crippen LogP contribution in [-0.4, -0.2) is 11.7 Å². The summed E-state index contributed by atoms with van der Waals surface area (Å²) >= 11 is 0. The Morgan fingerprint density at radius 2 is 1.52 bits per heavy atom. The molecule has 0 fully saturated rings. The first-order valence-electron chi connectivity index (χ1n) is 9.46. The van der Waals surface area contributed by atoms with Gasteiger partial charge in [0.1, 0.15) is 11.6 Å². The van der Waals surface area contributed by atoms with E-state index in [1.165, 1.54) is 18.2 Å². The molecule has 0 unspecified atom stereocenters. The van der Waals surface area contributed by atoms with Gasteiger partial charge in [0.05, 0.1) is 11.3 Å². The molecule has 0 aliphatic rings. The maximum atomic E-state index is 13.6. The maximum Gasteiger partial charge on any atom is 0.418 e. The van der Waals surface area contributed by atoms with Gasteiger partial charge in [0.15, 0.2) is 0 Å². The van der Waals surface area contributed by atoms with Crippen molar-refractivity contribution < 1.29 is 27.2 Å². The second kappa shape index (κ2) is 9.12. The summed E-state index contributed by atoms with van der Waals surface area (Å²) in [6.07, 6.45) is -4.78. The van der Waals surface area contributed by atoms with E-state index in [1.807, 2.05) is 25.1 Å². The maximum absolute atomic E-state index is 13.6. The third-order valence-electron chi connectivity index (χ3n) is 4.63. The van der Waals surface area contributed by atoms with Gasteiger partial charge >= 0.3 is 6.18 Å². The molecule has 0 atom stereocenters. The van der Waals surface area contributed by atoms with Crippen molar-refractivity contribution in [2.45, 2.75) is 25.9 Å². The summed E-state index contributed by atoms with van der Waals surface area (Å²) in [5.74, 6) is -1.58. The van der Waals surface area contributed by atoms with Crippen LogP contribution in [0.15, 0.2) is 66.7 Å². The van der Waals surface area contributed by atoms with Crippen LogP contribution in [0.25, 0.3) is 0 Å².